The molecule has 0 bridgehead atoms. The van der Waals surface area contributed by atoms with Crippen LogP contribution in [0.1, 0.15) is 12.8 Å². The molecule has 10 heteroatoms. The standard InChI is InChI=1S/C17H27ClIN3O4S/c1-3-27(24,25)22-9-11-7-21(8-12(11)10-22)17(23)6-20-15-5-14(19)13(18)4-16(15)26-2/h3,11-16,20H,1,4-10H2,2H3. The third kappa shape index (κ3) is 4.80. The highest BCUT2D eigenvalue weighted by atomic mass is 127. The van der Waals surface area contributed by atoms with Crippen LogP contribution >= 0.6 is 34.2 Å². The SMILES string of the molecule is C=CS(=O)(=O)N1CC2CN(C(=O)CNC3CC(I)C(Cl)CC3OC)CC2C1. The van der Waals surface area contributed by atoms with Crippen LogP contribution in [0.25, 0.3) is 0 Å². The van der Waals surface area contributed by atoms with Crippen molar-refractivity contribution in [2.75, 3.05) is 39.8 Å². The van der Waals surface area contributed by atoms with Gasteiger partial charge in [0.15, 0.2) is 0 Å². The van der Waals surface area contributed by atoms with E-state index in [-0.39, 0.29) is 41.8 Å². The monoisotopic (exact) mass is 531 g/mol. The van der Waals surface area contributed by atoms with Crippen molar-refractivity contribution in [2.45, 2.75) is 34.3 Å². The molecule has 2 saturated heterocycles. The number of nitrogens with one attached hydrogen (secondary N) is 1. The lowest BCUT2D eigenvalue weighted by Crippen LogP contribution is -2.52. The molecule has 0 aromatic carbocycles. The van der Waals surface area contributed by atoms with Crippen LogP contribution in [0.3, 0.4) is 0 Å². The zero-order valence-corrected chi connectivity index (χ0v) is 19.1. The fraction of sp³-hybridized carbons (Fsp3) is 0.824. The summed E-state index contributed by atoms with van der Waals surface area (Å²) in [7, 11) is -1.68. The molecular formula is C17H27ClIN3O4S. The first kappa shape index (κ1) is 21.8. The summed E-state index contributed by atoms with van der Waals surface area (Å²) < 4.78 is 31.2. The fourth-order valence-electron chi connectivity index (χ4n) is 4.35. The number of hydrogen-bond acceptors (Lipinski definition) is 5. The molecule has 27 heavy (non-hydrogen) atoms. The number of carbonyl (C=O) groups is 1. The number of ether oxygens (including phenoxy) is 1. The smallest absolute Gasteiger partial charge is 0.236 e. The molecule has 0 aromatic heterocycles. The van der Waals surface area contributed by atoms with Crippen molar-refractivity contribution >= 4 is 50.1 Å². The van der Waals surface area contributed by atoms with Gasteiger partial charge in [0.2, 0.25) is 15.9 Å². The van der Waals surface area contributed by atoms with Gasteiger partial charge >= 0.3 is 0 Å². The first-order valence-corrected chi connectivity index (χ1v) is 12.4. The number of rotatable bonds is 6. The number of sulfonamides is 1. The third-order valence-corrected chi connectivity index (χ3v) is 9.70. The average Bonchev–Trinajstić information content (AvgIpc) is 3.21. The van der Waals surface area contributed by atoms with Crippen molar-refractivity contribution in [3.63, 3.8) is 0 Å². The number of likely N-dealkylation sites (tertiary alicyclic amines) is 1. The van der Waals surface area contributed by atoms with Gasteiger partial charge < -0.3 is 15.0 Å². The van der Waals surface area contributed by atoms with Crippen LogP contribution in [-0.2, 0) is 19.6 Å². The van der Waals surface area contributed by atoms with Crippen molar-refractivity contribution in [1.82, 2.24) is 14.5 Å². The van der Waals surface area contributed by atoms with Crippen molar-refractivity contribution < 1.29 is 17.9 Å². The predicted octanol–water partition coefficient (Wildman–Crippen LogP) is 1.03. The minimum absolute atomic E-state index is 0.0157. The molecule has 2 heterocycles. The maximum absolute atomic E-state index is 12.6. The summed E-state index contributed by atoms with van der Waals surface area (Å²) in [6, 6.07) is 0.117. The lowest BCUT2D eigenvalue weighted by molar-refractivity contribution is -0.129. The second-order valence-electron chi connectivity index (χ2n) is 7.61. The van der Waals surface area contributed by atoms with Gasteiger partial charge in [-0.25, -0.2) is 8.42 Å². The Bertz CT molecular complexity index is 665. The Kier molecular flexibility index (Phi) is 7.11. The zero-order valence-electron chi connectivity index (χ0n) is 15.4. The van der Waals surface area contributed by atoms with E-state index in [2.05, 4.69) is 34.5 Å². The van der Waals surface area contributed by atoms with Gasteiger partial charge in [0.05, 0.1) is 12.6 Å². The number of methoxy groups -OCH3 is 1. The molecule has 2 aliphatic heterocycles. The molecule has 0 radical (unpaired) electrons. The average molecular weight is 532 g/mol. The summed E-state index contributed by atoms with van der Waals surface area (Å²) in [5.74, 6) is 0.483. The highest BCUT2D eigenvalue weighted by Crippen LogP contribution is 2.33. The summed E-state index contributed by atoms with van der Waals surface area (Å²) in [6.45, 7) is 5.83. The molecular weight excluding hydrogens is 505 g/mol. The van der Waals surface area contributed by atoms with Crippen LogP contribution in [0, 0.1) is 11.8 Å². The highest BCUT2D eigenvalue weighted by Gasteiger charge is 2.44. The van der Waals surface area contributed by atoms with E-state index >= 15 is 0 Å². The Labute approximate surface area is 180 Å². The Morgan fingerprint density at radius 1 is 1.30 bits per heavy atom. The van der Waals surface area contributed by atoms with E-state index in [4.69, 9.17) is 16.3 Å². The second-order valence-corrected chi connectivity index (χ2v) is 11.7. The van der Waals surface area contributed by atoms with E-state index in [0.717, 1.165) is 18.2 Å². The van der Waals surface area contributed by atoms with Crippen molar-refractivity contribution in [1.29, 1.82) is 0 Å². The molecule has 154 valence electrons. The summed E-state index contributed by atoms with van der Waals surface area (Å²) >= 11 is 8.70. The molecule has 1 N–H and O–H groups in total. The predicted molar refractivity (Wildman–Crippen MR) is 114 cm³/mol. The number of carbonyl (C=O) groups excluding carboxylic acids is 1. The first-order valence-electron chi connectivity index (χ1n) is 9.19. The number of amides is 1. The van der Waals surface area contributed by atoms with Crippen LogP contribution < -0.4 is 5.32 Å². The number of hydrogen-bond donors (Lipinski definition) is 1. The van der Waals surface area contributed by atoms with Gasteiger partial charge in [-0.3, -0.25) is 4.79 Å². The Morgan fingerprint density at radius 3 is 2.48 bits per heavy atom. The molecule has 3 rings (SSSR count). The van der Waals surface area contributed by atoms with Gasteiger partial charge in [0, 0.05) is 54.0 Å². The van der Waals surface area contributed by atoms with E-state index in [0.29, 0.717) is 30.1 Å². The van der Waals surface area contributed by atoms with Gasteiger partial charge in [0.25, 0.3) is 0 Å². The topological polar surface area (TPSA) is 79.0 Å². The molecule has 3 fully saturated rings. The van der Waals surface area contributed by atoms with E-state index in [1.165, 1.54) is 4.31 Å². The molecule has 3 aliphatic rings. The number of nitrogens with zero attached hydrogens (tertiary/aromatic N) is 2. The van der Waals surface area contributed by atoms with Crippen LogP contribution in [0.4, 0.5) is 0 Å². The summed E-state index contributed by atoms with van der Waals surface area (Å²) in [6.07, 6.45) is 1.67. The van der Waals surface area contributed by atoms with Crippen molar-refractivity contribution in [3.05, 3.63) is 12.0 Å². The van der Waals surface area contributed by atoms with Crippen LogP contribution in [0.15, 0.2) is 12.0 Å². The Balaban J connectivity index is 1.49. The lowest BCUT2D eigenvalue weighted by Gasteiger charge is -2.36. The fourth-order valence-corrected chi connectivity index (χ4v) is 6.48. The Morgan fingerprint density at radius 2 is 1.93 bits per heavy atom. The molecule has 1 aliphatic carbocycles. The number of alkyl halides is 2. The molecule has 0 aromatic rings. The maximum atomic E-state index is 12.6. The molecule has 6 unspecified atom stereocenters. The minimum Gasteiger partial charge on any atom is -0.380 e. The molecule has 1 amide bonds. The minimum atomic E-state index is -3.37. The molecule has 7 nitrogen and oxygen atoms in total. The summed E-state index contributed by atoms with van der Waals surface area (Å²) in [4.78, 5) is 14.5. The third-order valence-electron chi connectivity index (χ3n) is 5.97. The van der Waals surface area contributed by atoms with Gasteiger partial charge in [-0.05, 0) is 24.7 Å². The number of halogens is 2. The second kappa shape index (κ2) is 8.83. The zero-order chi connectivity index (χ0) is 19.8. The largest absolute Gasteiger partial charge is 0.380 e. The quantitative estimate of drug-likeness (QED) is 0.409. The summed E-state index contributed by atoms with van der Waals surface area (Å²) in [5.41, 5.74) is 0. The van der Waals surface area contributed by atoms with Gasteiger partial charge in [-0.1, -0.05) is 29.2 Å². The van der Waals surface area contributed by atoms with E-state index in [1.54, 1.807) is 7.11 Å². The molecule has 0 spiro atoms. The van der Waals surface area contributed by atoms with Gasteiger partial charge in [0.1, 0.15) is 0 Å². The van der Waals surface area contributed by atoms with Crippen LogP contribution in [-0.4, -0.2) is 84.8 Å². The molecule has 1 saturated carbocycles. The van der Waals surface area contributed by atoms with Gasteiger partial charge in [-0.2, -0.15) is 4.31 Å². The summed E-state index contributed by atoms with van der Waals surface area (Å²) in [5, 5.41) is 4.46. The van der Waals surface area contributed by atoms with Crippen LogP contribution in [0.2, 0.25) is 0 Å². The van der Waals surface area contributed by atoms with Crippen LogP contribution in [0.5, 0.6) is 0 Å². The normalized spacial score (nSPS) is 37.4. The first-order chi connectivity index (χ1) is 12.7. The maximum Gasteiger partial charge on any atom is 0.236 e. The van der Waals surface area contributed by atoms with Crippen molar-refractivity contribution in [2.24, 2.45) is 11.8 Å². The lowest BCUT2D eigenvalue weighted by atomic mass is 9.92. The van der Waals surface area contributed by atoms with Gasteiger partial charge in [-0.15, -0.1) is 11.6 Å². The highest BCUT2D eigenvalue weighted by molar-refractivity contribution is 14.1. The molecule has 6 atom stereocenters. The van der Waals surface area contributed by atoms with E-state index in [9.17, 15) is 13.2 Å². The van der Waals surface area contributed by atoms with E-state index in [1.807, 2.05) is 4.90 Å². The Hall–Kier alpha value is 0.0600. The van der Waals surface area contributed by atoms with E-state index < -0.39 is 10.0 Å². The number of fused-ring (bicyclic) bond motifs is 1. The van der Waals surface area contributed by atoms with Crippen molar-refractivity contribution in [3.8, 4) is 0 Å².